The van der Waals surface area contributed by atoms with E-state index in [1.807, 2.05) is 30.3 Å². The smallest absolute Gasteiger partial charge is 0.208 e. The summed E-state index contributed by atoms with van der Waals surface area (Å²) in [5, 5.41) is 3.89. The highest BCUT2D eigenvalue weighted by atomic mass is 35.5. The molecule has 2 aromatic carbocycles. The van der Waals surface area contributed by atoms with Crippen LogP contribution in [0, 0.1) is 0 Å². The Morgan fingerprint density at radius 2 is 1.68 bits per heavy atom. The van der Waals surface area contributed by atoms with Crippen LogP contribution < -0.4 is 10.6 Å². The maximum Gasteiger partial charge on any atom is 0.208 e. The minimum Gasteiger partial charge on any atom is -0.320 e. The van der Waals surface area contributed by atoms with Gasteiger partial charge in [-0.25, -0.2) is 0 Å². The monoisotopic (exact) mass is 291 g/mol. The summed E-state index contributed by atoms with van der Waals surface area (Å²) in [7, 11) is 0. The molecule has 0 aliphatic rings. The van der Waals surface area contributed by atoms with E-state index in [1.165, 1.54) is 15.8 Å². The lowest BCUT2D eigenvalue weighted by Gasteiger charge is -2.04. The van der Waals surface area contributed by atoms with Gasteiger partial charge in [-0.3, -0.25) is 0 Å². The third-order valence-corrected chi connectivity index (χ3v) is 3.96. The molecule has 0 saturated carbocycles. The number of halogens is 1. The number of para-hydroxylation sites is 1. The molecule has 19 heavy (non-hydrogen) atoms. The van der Waals surface area contributed by atoms with Crippen LogP contribution in [-0.2, 0) is 6.54 Å². The number of benzene rings is 2. The van der Waals surface area contributed by atoms with Crippen molar-refractivity contribution in [1.82, 2.24) is 4.57 Å². The van der Waals surface area contributed by atoms with Crippen molar-refractivity contribution in [3.63, 3.8) is 0 Å². The Kier molecular flexibility index (Phi) is 4.24. The van der Waals surface area contributed by atoms with Crippen molar-refractivity contribution in [2.45, 2.75) is 6.54 Å². The van der Waals surface area contributed by atoms with Gasteiger partial charge in [-0.15, -0.1) is 12.4 Å². The van der Waals surface area contributed by atoms with E-state index >= 15 is 0 Å². The van der Waals surface area contributed by atoms with Crippen molar-refractivity contribution in [3.8, 4) is 0 Å². The first-order valence-electron chi connectivity index (χ1n) is 5.75. The second kappa shape index (κ2) is 5.91. The normalized spacial score (nSPS) is 11.5. The van der Waals surface area contributed by atoms with Gasteiger partial charge < -0.3 is 10.4 Å². The molecule has 98 valence electrons. The van der Waals surface area contributed by atoms with E-state index in [0.717, 1.165) is 11.3 Å². The molecule has 0 aliphatic carbocycles. The van der Waals surface area contributed by atoms with Gasteiger partial charge in [-0.1, -0.05) is 53.8 Å². The third-order valence-electron chi connectivity index (χ3n) is 2.88. The molecule has 0 fully saturated rings. The summed E-state index contributed by atoms with van der Waals surface area (Å²) in [6.45, 7) is 0.793. The van der Waals surface area contributed by atoms with Gasteiger partial charge in [0.1, 0.15) is 0 Å². The van der Waals surface area contributed by atoms with Gasteiger partial charge in [0.2, 0.25) is 4.80 Å². The summed E-state index contributed by atoms with van der Waals surface area (Å²) in [5.74, 6) is 5.48. The van der Waals surface area contributed by atoms with Crippen LogP contribution in [0.1, 0.15) is 5.56 Å². The van der Waals surface area contributed by atoms with E-state index < -0.39 is 0 Å². The van der Waals surface area contributed by atoms with Crippen LogP contribution in [0.15, 0.2) is 59.7 Å². The molecule has 0 radical (unpaired) electrons. The van der Waals surface area contributed by atoms with Gasteiger partial charge in [0.25, 0.3) is 0 Å². The Balaban J connectivity index is 0.00000133. The van der Waals surface area contributed by atoms with Gasteiger partial charge in [-0.05, 0) is 17.7 Å². The van der Waals surface area contributed by atoms with Crippen molar-refractivity contribution >= 4 is 34.0 Å². The maximum absolute atomic E-state index is 5.48. The molecule has 1 heterocycles. The number of fused-ring (bicyclic) bond motifs is 1. The van der Waals surface area contributed by atoms with E-state index in [0.29, 0.717) is 0 Å². The van der Waals surface area contributed by atoms with E-state index in [1.54, 1.807) is 11.3 Å². The first-order valence-corrected chi connectivity index (χ1v) is 6.56. The second-order valence-corrected chi connectivity index (χ2v) is 5.06. The average Bonchev–Trinajstić information content (AvgIpc) is 2.78. The maximum atomic E-state index is 5.48. The zero-order valence-corrected chi connectivity index (χ0v) is 11.8. The molecule has 1 aromatic heterocycles. The standard InChI is InChI=1S/C14H13N3S.ClH/c15-16-14-17(10-11-6-2-1-3-7-11)12-8-4-5-9-13(12)18-14;/h1-9H,10,15H2;1H/b16-14-;. The minimum absolute atomic E-state index is 0. The number of thiazole rings is 1. The van der Waals surface area contributed by atoms with E-state index in [2.05, 4.69) is 33.9 Å². The fraction of sp³-hybridized carbons (Fsp3) is 0.0714. The molecule has 3 aromatic rings. The predicted octanol–water partition coefficient (Wildman–Crippen LogP) is 2.95. The lowest BCUT2D eigenvalue weighted by Crippen LogP contribution is -2.17. The SMILES string of the molecule is Cl.N/N=c1\sc2ccccc2n1Cc1ccccc1. The van der Waals surface area contributed by atoms with Crippen LogP contribution in [-0.4, -0.2) is 4.57 Å². The predicted molar refractivity (Wildman–Crippen MR) is 82.4 cm³/mol. The van der Waals surface area contributed by atoms with Crippen LogP contribution in [0.25, 0.3) is 10.2 Å². The lowest BCUT2D eigenvalue weighted by molar-refractivity contribution is 0.789. The largest absolute Gasteiger partial charge is 0.320 e. The molecule has 0 aliphatic heterocycles. The summed E-state index contributed by atoms with van der Waals surface area (Å²) in [5.41, 5.74) is 2.42. The number of hydrogen-bond donors (Lipinski definition) is 1. The highest BCUT2D eigenvalue weighted by molar-refractivity contribution is 7.16. The Morgan fingerprint density at radius 3 is 2.42 bits per heavy atom. The van der Waals surface area contributed by atoms with Crippen LogP contribution in [0.5, 0.6) is 0 Å². The quantitative estimate of drug-likeness (QED) is 0.572. The van der Waals surface area contributed by atoms with Gasteiger partial charge in [-0.2, -0.15) is 5.10 Å². The van der Waals surface area contributed by atoms with E-state index in [4.69, 9.17) is 5.84 Å². The highest BCUT2D eigenvalue weighted by Crippen LogP contribution is 2.17. The van der Waals surface area contributed by atoms with Crippen molar-refractivity contribution in [2.24, 2.45) is 10.9 Å². The van der Waals surface area contributed by atoms with Crippen molar-refractivity contribution in [2.75, 3.05) is 0 Å². The Labute approximate surface area is 121 Å². The number of aromatic nitrogens is 1. The molecule has 0 spiro atoms. The van der Waals surface area contributed by atoms with E-state index in [-0.39, 0.29) is 12.4 Å². The fourth-order valence-corrected chi connectivity index (χ4v) is 2.99. The van der Waals surface area contributed by atoms with Crippen LogP contribution in [0.4, 0.5) is 0 Å². The molecular formula is C14H14ClN3S. The topological polar surface area (TPSA) is 43.3 Å². The summed E-state index contributed by atoms with van der Waals surface area (Å²) >= 11 is 1.61. The minimum atomic E-state index is 0. The third kappa shape index (κ3) is 2.64. The van der Waals surface area contributed by atoms with E-state index in [9.17, 15) is 0 Å². The molecule has 0 amide bonds. The van der Waals surface area contributed by atoms with Crippen LogP contribution in [0.3, 0.4) is 0 Å². The molecule has 0 saturated heterocycles. The van der Waals surface area contributed by atoms with Crippen molar-refractivity contribution in [3.05, 3.63) is 65.0 Å². The molecule has 3 nitrogen and oxygen atoms in total. The first-order chi connectivity index (χ1) is 8.88. The number of rotatable bonds is 2. The molecule has 0 bridgehead atoms. The molecular weight excluding hydrogens is 278 g/mol. The highest BCUT2D eigenvalue weighted by Gasteiger charge is 2.05. The van der Waals surface area contributed by atoms with Crippen molar-refractivity contribution < 1.29 is 0 Å². The summed E-state index contributed by atoms with van der Waals surface area (Å²) < 4.78 is 3.35. The Morgan fingerprint density at radius 1 is 1.00 bits per heavy atom. The zero-order chi connectivity index (χ0) is 12.4. The number of nitrogens with two attached hydrogens (primary N) is 1. The van der Waals surface area contributed by atoms with Gasteiger partial charge >= 0.3 is 0 Å². The number of nitrogens with zero attached hydrogens (tertiary/aromatic N) is 2. The van der Waals surface area contributed by atoms with Gasteiger partial charge in [0.05, 0.1) is 16.8 Å². The van der Waals surface area contributed by atoms with Gasteiger partial charge in [0.15, 0.2) is 0 Å². The second-order valence-electron chi connectivity index (χ2n) is 4.05. The first kappa shape index (κ1) is 13.6. The summed E-state index contributed by atoms with van der Waals surface area (Å²) in [6, 6.07) is 18.6. The van der Waals surface area contributed by atoms with Gasteiger partial charge in [0, 0.05) is 0 Å². The van der Waals surface area contributed by atoms with Crippen molar-refractivity contribution in [1.29, 1.82) is 0 Å². The lowest BCUT2D eigenvalue weighted by atomic mass is 10.2. The Bertz CT molecular complexity index is 731. The molecule has 3 rings (SSSR count). The molecule has 2 N–H and O–H groups in total. The molecule has 5 heteroatoms. The Hall–Kier alpha value is -1.78. The zero-order valence-electron chi connectivity index (χ0n) is 10.2. The fourth-order valence-electron chi connectivity index (χ4n) is 2.04. The summed E-state index contributed by atoms with van der Waals surface area (Å²) in [4.78, 5) is 0.847. The van der Waals surface area contributed by atoms with Crippen LogP contribution in [0.2, 0.25) is 0 Å². The van der Waals surface area contributed by atoms with Crippen LogP contribution >= 0.6 is 23.7 Å². The number of hydrogen-bond acceptors (Lipinski definition) is 3. The molecule has 0 unspecified atom stereocenters. The summed E-state index contributed by atoms with van der Waals surface area (Å²) in [6.07, 6.45) is 0. The molecule has 0 atom stereocenters. The average molecular weight is 292 g/mol.